The molecule has 0 aliphatic carbocycles. The van der Waals surface area contributed by atoms with Crippen LogP contribution in [0, 0.1) is 5.82 Å². The Morgan fingerprint density at radius 2 is 1.95 bits per heavy atom. The molecule has 0 heterocycles. The molecule has 0 saturated carbocycles. The lowest BCUT2D eigenvalue weighted by Crippen LogP contribution is -2.20. The van der Waals surface area contributed by atoms with E-state index in [9.17, 15) is 9.18 Å². The Morgan fingerprint density at radius 1 is 1.24 bits per heavy atom. The van der Waals surface area contributed by atoms with Gasteiger partial charge in [-0.15, -0.1) is 0 Å². The van der Waals surface area contributed by atoms with Crippen LogP contribution in [0.15, 0.2) is 42.5 Å². The molecule has 2 aromatic carbocycles. The Kier molecular flexibility index (Phi) is 4.77. The van der Waals surface area contributed by atoms with Gasteiger partial charge in [0.2, 0.25) is 0 Å². The Labute approximate surface area is 122 Å². The summed E-state index contributed by atoms with van der Waals surface area (Å²) in [7, 11) is 0. The minimum Gasteiger partial charge on any atom is -0.484 e. The van der Waals surface area contributed by atoms with Gasteiger partial charge in [-0.1, -0.05) is 19.1 Å². The SMILES string of the molecule is CCc1ccc(OCC(=O)Nc2cc(F)ccc2N)cc1. The molecule has 0 saturated heterocycles. The zero-order valence-electron chi connectivity index (χ0n) is 11.7. The second-order valence-electron chi connectivity index (χ2n) is 4.57. The van der Waals surface area contributed by atoms with Crippen molar-refractivity contribution < 1.29 is 13.9 Å². The number of ether oxygens (including phenoxy) is 1. The van der Waals surface area contributed by atoms with Crippen LogP contribution in [0.4, 0.5) is 15.8 Å². The van der Waals surface area contributed by atoms with E-state index in [0.29, 0.717) is 11.4 Å². The van der Waals surface area contributed by atoms with Crippen LogP contribution >= 0.6 is 0 Å². The summed E-state index contributed by atoms with van der Waals surface area (Å²) in [6, 6.07) is 11.3. The van der Waals surface area contributed by atoms with Gasteiger partial charge >= 0.3 is 0 Å². The van der Waals surface area contributed by atoms with Crippen molar-refractivity contribution in [2.45, 2.75) is 13.3 Å². The minimum absolute atomic E-state index is 0.165. The number of nitrogens with two attached hydrogens (primary N) is 1. The van der Waals surface area contributed by atoms with Gasteiger partial charge < -0.3 is 15.8 Å². The highest BCUT2D eigenvalue weighted by Gasteiger charge is 2.07. The first-order chi connectivity index (χ1) is 10.1. The molecule has 0 atom stereocenters. The molecule has 110 valence electrons. The first-order valence-electron chi connectivity index (χ1n) is 6.65. The van der Waals surface area contributed by atoms with Gasteiger partial charge in [0.05, 0.1) is 11.4 Å². The van der Waals surface area contributed by atoms with Gasteiger partial charge in [0.15, 0.2) is 6.61 Å². The Balaban J connectivity index is 1.91. The monoisotopic (exact) mass is 288 g/mol. The number of anilines is 2. The summed E-state index contributed by atoms with van der Waals surface area (Å²) >= 11 is 0. The third-order valence-corrected chi connectivity index (χ3v) is 2.99. The number of hydrogen-bond acceptors (Lipinski definition) is 3. The van der Waals surface area contributed by atoms with E-state index in [0.717, 1.165) is 6.42 Å². The molecule has 0 radical (unpaired) electrons. The van der Waals surface area contributed by atoms with Crippen molar-refractivity contribution in [1.82, 2.24) is 0 Å². The quantitative estimate of drug-likeness (QED) is 0.831. The molecule has 0 fully saturated rings. The maximum absolute atomic E-state index is 13.1. The molecule has 0 aliphatic heterocycles. The first kappa shape index (κ1) is 14.8. The summed E-state index contributed by atoms with van der Waals surface area (Å²) in [5, 5.41) is 2.51. The Morgan fingerprint density at radius 3 is 2.62 bits per heavy atom. The van der Waals surface area contributed by atoms with E-state index in [-0.39, 0.29) is 12.3 Å². The average Bonchev–Trinajstić information content (AvgIpc) is 2.49. The minimum atomic E-state index is -0.462. The molecule has 3 N–H and O–H groups in total. The predicted octanol–water partition coefficient (Wildman–Crippen LogP) is 2.99. The van der Waals surface area contributed by atoms with E-state index in [1.54, 1.807) is 0 Å². The van der Waals surface area contributed by atoms with Gasteiger partial charge in [0.25, 0.3) is 5.91 Å². The maximum Gasteiger partial charge on any atom is 0.262 e. The molecule has 0 spiro atoms. The van der Waals surface area contributed by atoms with Gasteiger partial charge in [-0.05, 0) is 42.3 Å². The number of carbonyl (C=O) groups is 1. The van der Waals surface area contributed by atoms with Crippen LogP contribution in [-0.4, -0.2) is 12.5 Å². The number of carbonyl (C=O) groups excluding carboxylic acids is 1. The summed E-state index contributed by atoms with van der Waals surface area (Å²) in [4.78, 5) is 11.8. The van der Waals surface area contributed by atoms with Gasteiger partial charge in [0, 0.05) is 0 Å². The second kappa shape index (κ2) is 6.74. The number of amides is 1. The lowest BCUT2D eigenvalue weighted by Gasteiger charge is -2.09. The third-order valence-electron chi connectivity index (χ3n) is 2.99. The van der Waals surface area contributed by atoms with Crippen molar-refractivity contribution >= 4 is 17.3 Å². The number of rotatable bonds is 5. The van der Waals surface area contributed by atoms with Crippen molar-refractivity contribution in [2.75, 3.05) is 17.7 Å². The van der Waals surface area contributed by atoms with Crippen LogP contribution in [-0.2, 0) is 11.2 Å². The molecule has 0 bridgehead atoms. The first-order valence-corrected chi connectivity index (χ1v) is 6.65. The van der Waals surface area contributed by atoms with Crippen LogP contribution in [0.2, 0.25) is 0 Å². The van der Waals surface area contributed by atoms with E-state index in [2.05, 4.69) is 12.2 Å². The van der Waals surface area contributed by atoms with Gasteiger partial charge in [0.1, 0.15) is 11.6 Å². The van der Waals surface area contributed by atoms with Crippen molar-refractivity contribution in [1.29, 1.82) is 0 Å². The molecular weight excluding hydrogens is 271 g/mol. The molecule has 1 amide bonds. The van der Waals surface area contributed by atoms with Crippen molar-refractivity contribution in [3.05, 3.63) is 53.8 Å². The van der Waals surface area contributed by atoms with Gasteiger partial charge in [-0.3, -0.25) is 4.79 Å². The highest BCUT2D eigenvalue weighted by Crippen LogP contribution is 2.19. The number of halogens is 1. The molecule has 0 unspecified atom stereocenters. The Bertz CT molecular complexity index is 627. The number of nitrogens with one attached hydrogen (secondary N) is 1. The smallest absolute Gasteiger partial charge is 0.262 e. The molecule has 21 heavy (non-hydrogen) atoms. The molecule has 4 nitrogen and oxygen atoms in total. The Hall–Kier alpha value is -2.56. The average molecular weight is 288 g/mol. The number of hydrogen-bond donors (Lipinski definition) is 2. The van der Waals surface area contributed by atoms with E-state index in [1.165, 1.54) is 23.8 Å². The summed E-state index contributed by atoms with van der Waals surface area (Å²) in [6.07, 6.45) is 0.944. The standard InChI is InChI=1S/C16H17FN2O2/c1-2-11-3-6-13(7-4-11)21-10-16(20)19-15-9-12(17)5-8-14(15)18/h3-9H,2,10,18H2,1H3,(H,19,20). The molecule has 0 aromatic heterocycles. The zero-order chi connectivity index (χ0) is 15.2. The normalized spacial score (nSPS) is 10.2. The fourth-order valence-corrected chi connectivity index (χ4v) is 1.79. The van der Waals surface area contributed by atoms with E-state index >= 15 is 0 Å². The predicted molar refractivity (Wildman–Crippen MR) is 80.8 cm³/mol. The molecule has 2 rings (SSSR count). The van der Waals surface area contributed by atoms with Crippen molar-refractivity contribution in [2.24, 2.45) is 0 Å². The van der Waals surface area contributed by atoms with E-state index < -0.39 is 11.7 Å². The molecular formula is C16H17FN2O2. The summed E-state index contributed by atoms with van der Waals surface area (Å²) in [5.41, 5.74) is 7.39. The number of aryl methyl sites for hydroxylation is 1. The van der Waals surface area contributed by atoms with Crippen LogP contribution < -0.4 is 15.8 Å². The highest BCUT2D eigenvalue weighted by atomic mass is 19.1. The lowest BCUT2D eigenvalue weighted by atomic mass is 10.2. The van der Waals surface area contributed by atoms with Crippen LogP contribution in [0.25, 0.3) is 0 Å². The maximum atomic E-state index is 13.1. The largest absolute Gasteiger partial charge is 0.484 e. The molecule has 5 heteroatoms. The van der Waals surface area contributed by atoms with Gasteiger partial charge in [-0.2, -0.15) is 0 Å². The van der Waals surface area contributed by atoms with Gasteiger partial charge in [-0.25, -0.2) is 4.39 Å². The highest BCUT2D eigenvalue weighted by molar-refractivity contribution is 5.94. The van der Waals surface area contributed by atoms with E-state index in [1.807, 2.05) is 24.3 Å². The van der Waals surface area contributed by atoms with Crippen molar-refractivity contribution in [3.63, 3.8) is 0 Å². The van der Waals surface area contributed by atoms with Crippen LogP contribution in [0.1, 0.15) is 12.5 Å². The fraction of sp³-hybridized carbons (Fsp3) is 0.188. The summed E-state index contributed by atoms with van der Waals surface area (Å²) < 4.78 is 18.4. The van der Waals surface area contributed by atoms with Crippen molar-refractivity contribution in [3.8, 4) is 5.75 Å². The number of nitrogen functional groups attached to an aromatic ring is 1. The topological polar surface area (TPSA) is 64.3 Å². The molecule has 0 aliphatic rings. The molecule has 2 aromatic rings. The summed E-state index contributed by atoms with van der Waals surface area (Å²) in [6.45, 7) is 1.90. The second-order valence-corrected chi connectivity index (χ2v) is 4.57. The van der Waals surface area contributed by atoms with Crippen LogP contribution in [0.3, 0.4) is 0 Å². The van der Waals surface area contributed by atoms with E-state index in [4.69, 9.17) is 10.5 Å². The fourth-order valence-electron chi connectivity index (χ4n) is 1.79. The van der Waals surface area contributed by atoms with Crippen LogP contribution in [0.5, 0.6) is 5.75 Å². The lowest BCUT2D eigenvalue weighted by molar-refractivity contribution is -0.118. The zero-order valence-corrected chi connectivity index (χ0v) is 11.7. The summed E-state index contributed by atoms with van der Waals surface area (Å²) in [5.74, 6) is -0.253. The number of benzene rings is 2. The third kappa shape index (κ3) is 4.21.